The van der Waals surface area contributed by atoms with Gasteiger partial charge in [-0.2, -0.15) is 5.10 Å². The summed E-state index contributed by atoms with van der Waals surface area (Å²) in [7, 11) is 1.88. The van der Waals surface area contributed by atoms with E-state index in [1.165, 1.54) is 0 Å². The van der Waals surface area contributed by atoms with E-state index in [0.717, 1.165) is 26.3 Å². The van der Waals surface area contributed by atoms with Crippen LogP contribution in [0.2, 0.25) is 0 Å². The predicted molar refractivity (Wildman–Crippen MR) is 108 cm³/mol. The fraction of sp³-hybridized carbons (Fsp3) is 0.316. The third kappa shape index (κ3) is 4.59. The van der Waals surface area contributed by atoms with Crippen LogP contribution in [0, 0.1) is 0 Å². The number of benzene rings is 1. The van der Waals surface area contributed by atoms with E-state index < -0.39 is 0 Å². The number of halogens is 1. The molecular formula is C19H21BrN4OS. The fourth-order valence-corrected chi connectivity index (χ4v) is 3.92. The zero-order valence-corrected chi connectivity index (χ0v) is 17.4. The average molecular weight is 433 g/mol. The molecule has 0 aliphatic heterocycles. The minimum absolute atomic E-state index is 0.0787. The van der Waals surface area contributed by atoms with Gasteiger partial charge in [0.05, 0.1) is 18.3 Å². The Bertz CT molecular complexity index is 902. The molecule has 26 heavy (non-hydrogen) atoms. The van der Waals surface area contributed by atoms with Gasteiger partial charge < -0.3 is 4.90 Å². The average Bonchev–Trinajstić information content (AvgIpc) is 3.21. The van der Waals surface area contributed by atoms with Crippen LogP contribution in [-0.2, 0) is 24.8 Å². The summed E-state index contributed by atoms with van der Waals surface area (Å²) in [5.41, 5.74) is 2.90. The zero-order chi connectivity index (χ0) is 18.7. The van der Waals surface area contributed by atoms with E-state index in [0.29, 0.717) is 13.0 Å². The van der Waals surface area contributed by atoms with Gasteiger partial charge in [0.2, 0.25) is 5.91 Å². The highest BCUT2D eigenvalue weighted by Crippen LogP contribution is 2.26. The molecule has 5 nitrogen and oxygen atoms in total. The van der Waals surface area contributed by atoms with Gasteiger partial charge in [-0.3, -0.25) is 9.48 Å². The maximum absolute atomic E-state index is 12.8. The van der Waals surface area contributed by atoms with E-state index >= 15 is 0 Å². The Balaban J connectivity index is 1.71. The van der Waals surface area contributed by atoms with E-state index in [1.807, 2.05) is 61.6 Å². The molecule has 0 radical (unpaired) electrons. The van der Waals surface area contributed by atoms with Gasteiger partial charge in [0.15, 0.2) is 0 Å². The number of nitrogens with zero attached hydrogens (tertiary/aromatic N) is 4. The van der Waals surface area contributed by atoms with E-state index in [4.69, 9.17) is 0 Å². The minimum atomic E-state index is 0.0787. The summed E-state index contributed by atoms with van der Waals surface area (Å²) in [5.74, 6) is 0.0787. The smallest absolute Gasteiger partial charge is 0.229 e. The van der Waals surface area contributed by atoms with Crippen molar-refractivity contribution < 1.29 is 4.79 Å². The molecule has 0 aliphatic carbocycles. The van der Waals surface area contributed by atoms with E-state index in [-0.39, 0.29) is 11.9 Å². The summed E-state index contributed by atoms with van der Waals surface area (Å²) < 4.78 is 2.77. The maximum atomic E-state index is 12.8. The first-order valence-corrected chi connectivity index (χ1v) is 10.1. The minimum Gasteiger partial charge on any atom is -0.335 e. The van der Waals surface area contributed by atoms with Crippen molar-refractivity contribution >= 4 is 33.2 Å². The van der Waals surface area contributed by atoms with Gasteiger partial charge in [-0.1, -0.05) is 28.1 Å². The van der Waals surface area contributed by atoms with Gasteiger partial charge >= 0.3 is 0 Å². The van der Waals surface area contributed by atoms with Crippen molar-refractivity contribution in [2.24, 2.45) is 7.05 Å². The Morgan fingerprint density at radius 2 is 2.19 bits per heavy atom. The van der Waals surface area contributed by atoms with Crippen LogP contribution >= 0.6 is 27.3 Å². The van der Waals surface area contributed by atoms with Crippen LogP contribution in [0.25, 0.3) is 10.6 Å². The normalized spacial score (nSPS) is 11.1. The summed E-state index contributed by atoms with van der Waals surface area (Å²) in [6, 6.07) is 8.15. The van der Waals surface area contributed by atoms with Crippen molar-refractivity contribution in [2.45, 2.75) is 32.9 Å². The Morgan fingerprint density at radius 3 is 2.85 bits per heavy atom. The molecule has 136 valence electrons. The summed E-state index contributed by atoms with van der Waals surface area (Å²) in [6.45, 7) is 4.62. The molecule has 1 aromatic carbocycles. The Kier molecular flexibility index (Phi) is 5.88. The summed E-state index contributed by atoms with van der Waals surface area (Å²) in [4.78, 5) is 19.3. The first-order valence-electron chi connectivity index (χ1n) is 8.39. The maximum Gasteiger partial charge on any atom is 0.229 e. The molecule has 0 spiro atoms. The van der Waals surface area contributed by atoms with E-state index in [9.17, 15) is 4.79 Å². The molecule has 0 unspecified atom stereocenters. The highest BCUT2D eigenvalue weighted by Gasteiger charge is 2.19. The molecule has 0 bridgehead atoms. The standard InChI is InChI=1S/C19H21BrN4OS/c1-13(2)24(11-14-9-21-23(3)10-14)18(25)8-17-12-26-19(22-17)15-5-4-6-16(20)7-15/h4-7,9-10,12-13H,8,11H2,1-3H3. The third-order valence-corrected chi connectivity index (χ3v) is 5.44. The number of thiazole rings is 1. The number of aromatic nitrogens is 3. The molecule has 0 saturated heterocycles. The second kappa shape index (κ2) is 8.14. The van der Waals surface area contributed by atoms with Gasteiger partial charge in [0.25, 0.3) is 0 Å². The molecule has 1 amide bonds. The fourth-order valence-electron chi connectivity index (χ4n) is 2.71. The third-order valence-electron chi connectivity index (χ3n) is 4.01. The van der Waals surface area contributed by atoms with Crippen LogP contribution < -0.4 is 0 Å². The van der Waals surface area contributed by atoms with Crippen molar-refractivity contribution in [2.75, 3.05) is 0 Å². The van der Waals surface area contributed by atoms with Crippen molar-refractivity contribution in [1.29, 1.82) is 0 Å². The second-order valence-electron chi connectivity index (χ2n) is 6.47. The van der Waals surface area contributed by atoms with Crippen molar-refractivity contribution in [3.05, 3.63) is 57.8 Å². The lowest BCUT2D eigenvalue weighted by atomic mass is 10.2. The van der Waals surface area contributed by atoms with E-state index in [2.05, 4.69) is 26.0 Å². The SMILES string of the molecule is CC(C)N(Cc1cnn(C)c1)C(=O)Cc1csc(-c2cccc(Br)c2)n1. The summed E-state index contributed by atoms with van der Waals surface area (Å²) >= 11 is 5.05. The number of aryl methyl sites for hydroxylation is 1. The number of rotatable bonds is 6. The highest BCUT2D eigenvalue weighted by molar-refractivity contribution is 9.10. The van der Waals surface area contributed by atoms with Gasteiger partial charge in [0, 0.05) is 46.8 Å². The molecular weight excluding hydrogens is 412 g/mol. The molecule has 0 fully saturated rings. The lowest BCUT2D eigenvalue weighted by molar-refractivity contribution is -0.132. The highest BCUT2D eigenvalue weighted by atomic mass is 79.9. The molecule has 0 N–H and O–H groups in total. The number of amides is 1. The number of carbonyl (C=O) groups excluding carboxylic acids is 1. The Morgan fingerprint density at radius 1 is 1.38 bits per heavy atom. The monoisotopic (exact) mass is 432 g/mol. The van der Waals surface area contributed by atoms with Crippen LogP contribution in [-0.4, -0.2) is 31.6 Å². The number of hydrogen-bond donors (Lipinski definition) is 0. The topological polar surface area (TPSA) is 51.0 Å². The molecule has 2 heterocycles. The van der Waals surface area contributed by atoms with Crippen molar-refractivity contribution in [1.82, 2.24) is 19.7 Å². The molecule has 0 saturated carbocycles. The van der Waals surface area contributed by atoms with Gasteiger partial charge in [-0.15, -0.1) is 11.3 Å². The number of hydrogen-bond acceptors (Lipinski definition) is 4. The summed E-state index contributed by atoms with van der Waals surface area (Å²) in [5, 5.41) is 7.08. The largest absolute Gasteiger partial charge is 0.335 e. The van der Waals surface area contributed by atoms with Crippen LogP contribution in [0.1, 0.15) is 25.1 Å². The zero-order valence-electron chi connectivity index (χ0n) is 15.0. The molecule has 7 heteroatoms. The molecule has 0 atom stereocenters. The lowest BCUT2D eigenvalue weighted by Crippen LogP contribution is -2.37. The Hall–Kier alpha value is -1.99. The molecule has 3 rings (SSSR count). The quantitative estimate of drug-likeness (QED) is 0.583. The molecule has 3 aromatic rings. The summed E-state index contributed by atoms with van der Waals surface area (Å²) in [6.07, 6.45) is 4.05. The van der Waals surface area contributed by atoms with Crippen LogP contribution in [0.15, 0.2) is 46.5 Å². The second-order valence-corrected chi connectivity index (χ2v) is 8.24. The van der Waals surface area contributed by atoms with Crippen molar-refractivity contribution in [3.8, 4) is 10.6 Å². The molecule has 0 aliphatic rings. The first kappa shape index (κ1) is 18.8. The Labute approximate surface area is 165 Å². The van der Waals surface area contributed by atoms with Crippen LogP contribution in [0.5, 0.6) is 0 Å². The van der Waals surface area contributed by atoms with Crippen LogP contribution in [0.3, 0.4) is 0 Å². The lowest BCUT2D eigenvalue weighted by Gasteiger charge is -2.26. The van der Waals surface area contributed by atoms with Crippen LogP contribution in [0.4, 0.5) is 0 Å². The van der Waals surface area contributed by atoms with Gasteiger partial charge in [-0.05, 0) is 26.0 Å². The van der Waals surface area contributed by atoms with Gasteiger partial charge in [0.1, 0.15) is 5.01 Å². The van der Waals surface area contributed by atoms with Gasteiger partial charge in [-0.25, -0.2) is 4.98 Å². The molecule has 2 aromatic heterocycles. The first-order chi connectivity index (χ1) is 12.4. The van der Waals surface area contributed by atoms with E-state index in [1.54, 1.807) is 22.2 Å². The van der Waals surface area contributed by atoms with Crippen molar-refractivity contribution in [3.63, 3.8) is 0 Å². The number of carbonyl (C=O) groups is 1. The predicted octanol–water partition coefficient (Wildman–Crippen LogP) is 4.29.